The summed E-state index contributed by atoms with van der Waals surface area (Å²) in [4.78, 5) is 7.14. The van der Waals surface area contributed by atoms with Gasteiger partial charge in [0.05, 0.1) is 16.1 Å². The van der Waals surface area contributed by atoms with Crippen LogP contribution in [0.3, 0.4) is 0 Å². The third-order valence-electron chi connectivity index (χ3n) is 4.91. The number of sulfone groups is 1. The van der Waals surface area contributed by atoms with E-state index in [0.29, 0.717) is 0 Å². The molecule has 27 heavy (non-hydrogen) atoms. The number of hydrogen-bond donors (Lipinski definition) is 1. The van der Waals surface area contributed by atoms with Crippen molar-refractivity contribution in [3.8, 4) is 0 Å². The lowest BCUT2D eigenvalue weighted by molar-refractivity contribution is 0.353. The van der Waals surface area contributed by atoms with E-state index in [1.54, 1.807) is 36.4 Å². The minimum Gasteiger partial charge on any atom is -0.367 e. The Kier molecular flexibility index (Phi) is 4.40. The second-order valence-electron chi connectivity index (χ2n) is 7.55. The Labute approximate surface area is 160 Å². The molecule has 2 aromatic carbocycles. The SMILES string of the molecule is CC1(C)CN(c2cccc3ccc(S(=O)(=O)c4ccccc4)nc23)CCN1. The fourth-order valence-corrected chi connectivity index (χ4v) is 4.80. The number of pyridine rings is 1. The zero-order valence-corrected chi connectivity index (χ0v) is 16.3. The number of fused-ring (bicyclic) bond motifs is 1. The molecule has 0 amide bonds. The molecule has 0 aliphatic carbocycles. The van der Waals surface area contributed by atoms with E-state index in [1.165, 1.54) is 0 Å². The molecule has 1 saturated heterocycles. The molecular formula is C21H23N3O2S. The first kappa shape index (κ1) is 17.9. The summed E-state index contributed by atoms with van der Waals surface area (Å²) in [5.41, 5.74) is 1.70. The highest BCUT2D eigenvalue weighted by Crippen LogP contribution is 2.30. The molecule has 1 aliphatic heterocycles. The summed E-state index contributed by atoms with van der Waals surface area (Å²) < 4.78 is 26.0. The summed E-state index contributed by atoms with van der Waals surface area (Å²) in [6, 6.07) is 17.9. The quantitative estimate of drug-likeness (QED) is 0.755. The first-order valence-electron chi connectivity index (χ1n) is 9.07. The second kappa shape index (κ2) is 6.62. The van der Waals surface area contributed by atoms with Gasteiger partial charge in [0.15, 0.2) is 5.03 Å². The van der Waals surface area contributed by atoms with Gasteiger partial charge in [-0.05, 0) is 44.2 Å². The summed E-state index contributed by atoms with van der Waals surface area (Å²) in [6.45, 7) is 6.92. The van der Waals surface area contributed by atoms with E-state index in [-0.39, 0.29) is 15.5 Å². The van der Waals surface area contributed by atoms with Crippen molar-refractivity contribution in [2.45, 2.75) is 29.3 Å². The number of para-hydroxylation sites is 1. The van der Waals surface area contributed by atoms with E-state index in [2.05, 4.69) is 29.0 Å². The van der Waals surface area contributed by atoms with E-state index in [9.17, 15) is 8.42 Å². The molecule has 0 saturated carbocycles. The average molecular weight is 382 g/mol. The fraction of sp³-hybridized carbons (Fsp3) is 0.286. The van der Waals surface area contributed by atoms with Crippen molar-refractivity contribution in [1.29, 1.82) is 0 Å². The minimum atomic E-state index is -3.64. The van der Waals surface area contributed by atoms with Gasteiger partial charge in [-0.3, -0.25) is 0 Å². The van der Waals surface area contributed by atoms with Crippen LogP contribution in [0.1, 0.15) is 13.8 Å². The molecule has 6 heteroatoms. The molecule has 3 aromatic rings. The molecule has 1 aromatic heterocycles. The number of aromatic nitrogens is 1. The molecule has 0 unspecified atom stereocenters. The van der Waals surface area contributed by atoms with Crippen LogP contribution in [-0.4, -0.2) is 38.6 Å². The van der Waals surface area contributed by atoms with Gasteiger partial charge in [-0.25, -0.2) is 13.4 Å². The average Bonchev–Trinajstić information content (AvgIpc) is 2.67. The highest BCUT2D eigenvalue weighted by atomic mass is 32.2. The van der Waals surface area contributed by atoms with Gasteiger partial charge in [0.1, 0.15) is 0 Å². The predicted molar refractivity (Wildman–Crippen MR) is 108 cm³/mol. The van der Waals surface area contributed by atoms with Crippen molar-refractivity contribution >= 4 is 26.4 Å². The van der Waals surface area contributed by atoms with Crippen molar-refractivity contribution in [2.75, 3.05) is 24.5 Å². The van der Waals surface area contributed by atoms with E-state index in [0.717, 1.165) is 36.2 Å². The van der Waals surface area contributed by atoms with Gasteiger partial charge in [0.25, 0.3) is 0 Å². The maximum Gasteiger partial charge on any atom is 0.223 e. The van der Waals surface area contributed by atoms with Crippen LogP contribution < -0.4 is 10.2 Å². The number of nitrogens with one attached hydrogen (secondary N) is 1. The second-order valence-corrected chi connectivity index (χ2v) is 9.44. The molecule has 1 N–H and O–H groups in total. The van der Waals surface area contributed by atoms with Crippen molar-refractivity contribution in [1.82, 2.24) is 10.3 Å². The van der Waals surface area contributed by atoms with Crippen molar-refractivity contribution in [3.63, 3.8) is 0 Å². The summed E-state index contributed by atoms with van der Waals surface area (Å²) in [5, 5.41) is 4.53. The van der Waals surface area contributed by atoms with Crippen molar-refractivity contribution in [2.24, 2.45) is 0 Å². The van der Waals surface area contributed by atoms with Gasteiger partial charge in [0, 0.05) is 30.6 Å². The zero-order valence-electron chi connectivity index (χ0n) is 15.5. The van der Waals surface area contributed by atoms with Crippen molar-refractivity contribution < 1.29 is 8.42 Å². The number of hydrogen-bond acceptors (Lipinski definition) is 5. The Hall–Kier alpha value is -2.44. The van der Waals surface area contributed by atoms with Crippen LogP contribution in [-0.2, 0) is 9.84 Å². The van der Waals surface area contributed by atoms with Crippen LogP contribution in [0.4, 0.5) is 5.69 Å². The molecule has 1 fully saturated rings. The molecule has 0 bridgehead atoms. The van der Waals surface area contributed by atoms with Crippen LogP contribution in [0.25, 0.3) is 10.9 Å². The van der Waals surface area contributed by atoms with Gasteiger partial charge in [-0.2, -0.15) is 0 Å². The molecular weight excluding hydrogens is 358 g/mol. The van der Waals surface area contributed by atoms with E-state index >= 15 is 0 Å². The van der Waals surface area contributed by atoms with Gasteiger partial charge in [-0.15, -0.1) is 0 Å². The fourth-order valence-electron chi connectivity index (χ4n) is 3.59. The van der Waals surface area contributed by atoms with Gasteiger partial charge in [0.2, 0.25) is 9.84 Å². The lowest BCUT2D eigenvalue weighted by Crippen LogP contribution is -2.57. The summed E-state index contributed by atoms with van der Waals surface area (Å²) in [5.74, 6) is 0. The topological polar surface area (TPSA) is 62.3 Å². The third-order valence-corrected chi connectivity index (χ3v) is 6.59. The zero-order chi connectivity index (χ0) is 19.1. The normalized spacial score (nSPS) is 17.2. The van der Waals surface area contributed by atoms with Gasteiger partial charge >= 0.3 is 0 Å². The van der Waals surface area contributed by atoms with Crippen LogP contribution in [0.2, 0.25) is 0 Å². The maximum absolute atomic E-state index is 13.0. The molecule has 5 nitrogen and oxygen atoms in total. The molecule has 0 radical (unpaired) electrons. The first-order valence-corrected chi connectivity index (χ1v) is 10.6. The number of nitrogens with zero attached hydrogens (tertiary/aromatic N) is 2. The monoisotopic (exact) mass is 381 g/mol. The molecule has 1 aliphatic rings. The molecule has 4 rings (SSSR count). The largest absolute Gasteiger partial charge is 0.367 e. The summed E-state index contributed by atoms with van der Waals surface area (Å²) in [6.07, 6.45) is 0. The Bertz CT molecular complexity index is 1080. The Balaban J connectivity index is 1.83. The summed E-state index contributed by atoms with van der Waals surface area (Å²) >= 11 is 0. The first-order chi connectivity index (χ1) is 12.9. The summed E-state index contributed by atoms with van der Waals surface area (Å²) in [7, 11) is -3.64. The smallest absolute Gasteiger partial charge is 0.223 e. The van der Waals surface area contributed by atoms with Gasteiger partial charge in [-0.1, -0.05) is 30.3 Å². The lowest BCUT2D eigenvalue weighted by Gasteiger charge is -2.40. The number of anilines is 1. The van der Waals surface area contributed by atoms with Crippen LogP contribution in [0.5, 0.6) is 0 Å². The Morgan fingerprint density at radius 1 is 1.00 bits per heavy atom. The van der Waals surface area contributed by atoms with E-state index in [4.69, 9.17) is 0 Å². The van der Waals surface area contributed by atoms with Crippen LogP contribution >= 0.6 is 0 Å². The standard InChI is InChI=1S/C21H23N3O2S/c1-21(2)15-24(14-13-22-21)18-10-6-7-16-11-12-19(23-20(16)18)27(25,26)17-8-4-3-5-9-17/h3-12,22H,13-15H2,1-2H3. The molecule has 140 valence electrons. The molecule has 0 atom stereocenters. The highest BCUT2D eigenvalue weighted by molar-refractivity contribution is 7.91. The van der Waals surface area contributed by atoms with Crippen LogP contribution in [0.15, 0.2) is 70.6 Å². The predicted octanol–water partition coefficient (Wildman–Crippen LogP) is 3.26. The Morgan fingerprint density at radius 2 is 1.78 bits per heavy atom. The number of rotatable bonds is 3. The molecule has 2 heterocycles. The van der Waals surface area contributed by atoms with Gasteiger partial charge < -0.3 is 10.2 Å². The number of piperazine rings is 1. The van der Waals surface area contributed by atoms with E-state index < -0.39 is 9.84 Å². The third kappa shape index (κ3) is 3.42. The maximum atomic E-state index is 13.0. The van der Waals surface area contributed by atoms with Crippen molar-refractivity contribution in [3.05, 3.63) is 60.7 Å². The Morgan fingerprint density at radius 3 is 2.52 bits per heavy atom. The van der Waals surface area contributed by atoms with E-state index in [1.807, 2.05) is 24.3 Å². The minimum absolute atomic E-state index is 0.00581. The highest BCUT2D eigenvalue weighted by Gasteiger charge is 2.27. The lowest BCUT2D eigenvalue weighted by atomic mass is 10.0. The van der Waals surface area contributed by atoms with Crippen LogP contribution in [0, 0.1) is 0 Å². The number of benzene rings is 2. The molecule has 0 spiro atoms.